The second kappa shape index (κ2) is 7.04. The van der Waals surface area contributed by atoms with E-state index in [1.807, 2.05) is 0 Å². The highest BCUT2D eigenvalue weighted by Gasteiger charge is 2.36. The first-order valence-corrected chi connectivity index (χ1v) is 9.23. The minimum Gasteiger partial charge on any atom is -0.469 e. The van der Waals surface area contributed by atoms with Gasteiger partial charge in [-0.2, -0.15) is 0 Å². The molecular weight excluding hydrogens is 248 g/mol. The molecule has 0 saturated heterocycles. The van der Waals surface area contributed by atoms with Crippen LogP contribution < -0.4 is 0 Å². The van der Waals surface area contributed by atoms with Crippen molar-refractivity contribution in [3.63, 3.8) is 0 Å². The van der Waals surface area contributed by atoms with Crippen LogP contribution in [0.25, 0.3) is 0 Å². The SMILES string of the molecule is COC(=O)CC(=O)CCCO[Si](C)(C)C(C)(C)C. The molecule has 0 heterocycles. The van der Waals surface area contributed by atoms with E-state index in [0.29, 0.717) is 19.4 Å². The molecule has 106 valence electrons. The number of Topliss-reactive ketones (excluding diaryl/α,β-unsaturated/α-hetero) is 1. The number of esters is 1. The third kappa shape index (κ3) is 6.30. The second-order valence-corrected chi connectivity index (χ2v) is 10.8. The minimum absolute atomic E-state index is 0.0827. The maximum Gasteiger partial charge on any atom is 0.313 e. The van der Waals surface area contributed by atoms with Crippen molar-refractivity contribution < 1.29 is 18.8 Å². The van der Waals surface area contributed by atoms with E-state index in [4.69, 9.17) is 4.43 Å². The first-order valence-electron chi connectivity index (χ1n) is 6.32. The van der Waals surface area contributed by atoms with Crippen molar-refractivity contribution in [2.75, 3.05) is 13.7 Å². The van der Waals surface area contributed by atoms with Gasteiger partial charge in [-0.15, -0.1) is 0 Å². The van der Waals surface area contributed by atoms with E-state index < -0.39 is 14.3 Å². The smallest absolute Gasteiger partial charge is 0.313 e. The van der Waals surface area contributed by atoms with E-state index in [-0.39, 0.29) is 17.2 Å². The summed E-state index contributed by atoms with van der Waals surface area (Å²) < 4.78 is 10.4. The van der Waals surface area contributed by atoms with E-state index in [1.165, 1.54) is 7.11 Å². The highest BCUT2D eigenvalue weighted by molar-refractivity contribution is 6.74. The molecule has 18 heavy (non-hydrogen) atoms. The molecule has 0 fully saturated rings. The Hall–Kier alpha value is -0.683. The third-order valence-corrected chi connectivity index (χ3v) is 7.98. The van der Waals surface area contributed by atoms with Crippen molar-refractivity contribution in [2.45, 2.75) is 58.2 Å². The first-order chi connectivity index (χ1) is 8.10. The number of rotatable bonds is 7. The zero-order chi connectivity index (χ0) is 14.4. The fourth-order valence-electron chi connectivity index (χ4n) is 1.13. The summed E-state index contributed by atoms with van der Waals surface area (Å²) in [6, 6.07) is 0. The van der Waals surface area contributed by atoms with Gasteiger partial charge in [-0.3, -0.25) is 9.59 Å². The van der Waals surface area contributed by atoms with Crippen LogP contribution in [0.1, 0.15) is 40.0 Å². The summed E-state index contributed by atoms with van der Waals surface area (Å²) in [5.41, 5.74) is 0. The van der Waals surface area contributed by atoms with Gasteiger partial charge in [0.25, 0.3) is 0 Å². The molecule has 0 bridgehead atoms. The quantitative estimate of drug-likeness (QED) is 0.310. The maximum atomic E-state index is 11.4. The fraction of sp³-hybridized carbons (Fsp3) is 0.846. The van der Waals surface area contributed by atoms with Crippen molar-refractivity contribution in [3.05, 3.63) is 0 Å². The van der Waals surface area contributed by atoms with Crippen LogP contribution in [0, 0.1) is 0 Å². The molecular formula is C13H26O4Si. The molecule has 0 N–H and O–H groups in total. The van der Waals surface area contributed by atoms with E-state index in [1.54, 1.807) is 0 Å². The van der Waals surface area contributed by atoms with E-state index in [2.05, 4.69) is 38.6 Å². The van der Waals surface area contributed by atoms with Gasteiger partial charge < -0.3 is 9.16 Å². The molecule has 5 heteroatoms. The van der Waals surface area contributed by atoms with Gasteiger partial charge in [0.2, 0.25) is 0 Å². The summed E-state index contributed by atoms with van der Waals surface area (Å²) in [5.74, 6) is -0.550. The molecule has 0 unspecified atom stereocenters. The molecule has 0 aliphatic carbocycles. The summed E-state index contributed by atoms with van der Waals surface area (Å²) in [6.45, 7) is 11.5. The molecule has 0 aliphatic rings. The maximum absolute atomic E-state index is 11.4. The monoisotopic (exact) mass is 274 g/mol. The van der Waals surface area contributed by atoms with Crippen LogP contribution in [0.3, 0.4) is 0 Å². The van der Waals surface area contributed by atoms with E-state index >= 15 is 0 Å². The Labute approximate surface area is 111 Å². The third-order valence-electron chi connectivity index (χ3n) is 3.44. The summed E-state index contributed by atoms with van der Waals surface area (Å²) in [4.78, 5) is 22.3. The highest BCUT2D eigenvalue weighted by Crippen LogP contribution is 2.36. The number of hydrogen-bond donors (Lipinski definition) is 0. The van der Waals surface area contributed by atoms with Crippen LogP contribution in [0.5, 0.6) is 0 Å². The van der Waals surface area contributed by atoms with Crippen molar-refractivity contribution in [1.29, 1.82) is 0 Å². The molecule has 0 aromatic carbocycles. The summed E-state index contributed by atoms with van der Waals surface area (Å²) in [5, 5.41) is 0.184. The standard InChI is InChI=1S/C13H26O4Si/c1-13(2,3)18(5,6)17-9-7-8-11(14)10-12(15)16-4/h7-10H2,1-6H3. The Bertz CT molecular complexity index is 292. The molecule has 0 saturated carbocycles. The van der Waals surface area contributed by atoms with E-state index in [9.17, 15) is 9.59 Å². The van der Waals surface area contributed by atoms with Crippen molar-refractivity contribution in [3.8, 4) is 0 Å². The molecule has 0 spiro atoms. The van der Waals surface area contributed by atoms with Crippen LogP contribution in [0.15, 0.2) is 0 Å². The van der Waals surface area contributed by atoms with Crippen LogP contribution >= 0.6 is 0 Å². The van der Waals surface area contributed by atoms with Crippen molar-refractivity contribution in [2.24, 2.45) is 0 Å². The van der Waals surface area contributed by atoms with Gasteiger partial charge >= 0.3 is 5.97 Å². The molecule has 0 radical (unpaired) electrons. The second-order valence-electron chi connectivity index (χ2n) is 6.00. The predicted octanol–water partition coefficient (Wildman–Crippen LogP) is 2.92. The average molecular weight is 274 g/mol. The van der Waals surface area contributed by atoms with Gasteiger partial charge in [0, 0.05) is 13.0 Å². The largest absolute Gasteiger partial charge is 0.469 e. The summed E-state index contributed by atoms with van der Waals surface area (Å²) in [6.07, 6.45) is 0.919. The zero-order valence-corrected chi connectivity index (χ0v) is 13.5. The lowest BCUT2D eigenvalue weighted by Crippen LogP contribution is -2.41. The van der Waals surface area contributed by atoms with Crippen LogP contribution in [0.2, 0.25) is 18.1 Å². The van der Waals surface area contributed by atoms with Gasteiger partial charge in [-0.25, -0.2) is 0 Å². The zero-order valence-electron chi connectivity index (χ0n) is 12.5. The average Bonchev–Trinajstić information content (AvgIpc) is 2.22. The Kier molecular flexibility index (Phi) is 6.77. The van der Waals surface area contributed by atoms with Gasteiger partial charge in [-0.1, -0.05) is 20.8 Å². The Morgan fingerprint density at radius 3 is 2.17 bits per heavy atom. The van der Waals surface area contributed by atoms with Crippen molar-refractivity contribution >= 4 is 20.1 Å². The Morgan fingerprint density at radius 1 is 1.17 bits per heavy atom. The fourth-order valence-corrected chi connectivity index (χ4v) is 2.22. The molecule has 0 aliphatic heterocycles. The number of hydrogen-bond acceptors (Lipinski definition) is 4. The number of carbonyl (C=O) groups excluding carboxylic acids is 2. The predicted molar refractivity (Wildman–Crippen MR) is 74.0 cm³/mol. The Balaban J connectivity index is 3.87. The number of ether oxygens (including phenoxy) is 1. The molecule has 0 aromatic heterocycles. The van der Waals surface area contributed by atoms with Gasteiger partial charge in [0.15, 0.2) is 8.32 Å². The normalized spacial score (nSPS) is 12.3. The molecule has 4 nitrogen and oxygen atoms in total. The van der Waals surface area contributed by atoms with Crippen LogP contribution in [-0.2, 0) is 18.8 Å². The first kappa shape index (κ1) is 17.3. The highest BCUT2D eigenvalue weighted by atomic mass is 28.4. The number of carbonyl (C=O) groups is 2. The lowest BCUT2D eigenvalue weighted by atomic mass is 10.2. The lowest BCUT2D eigenvalue weighted by Gasteiger charge is -2.36. The number of ketones is 1. The molecule has 0 aromatic rings. The van der Waals surface area contributed by atoms with Gasteiger partial charge in [0.1, 0.15) is 12.2 Å². The van der Waals surface area contributed by atoms with Crippen LogP contribution in [-0.4, -0.2) is 33.8 Å². The van der Waals surface area contributed by atoms with Crippen LogP contribution in [0.4, 0.5) is 0 Å². The summed E-state index contributed by atoms with van der Waals surface area (Å²) in [7, 11) is -0.431. The summed E-state index contributed by atoms with van der Waals surface area (Å²) >= 11 is 0. The number of methoxy groups -OCH3 is 1. The topological polar surface area (TPSA) is 52.6 Å². The minimum atomic E-state index is -1.72. The Morgan fingerprint density at radius 2 is 1.72 bits per heavy atom. The van der Waals surface area contributed by atoms with Gasteiger partial charge in [-0.05, 0) is 24.6 Å². The van der Waals surface area contributed by atoms with Gasteiger partial charge in [0.05, 0.1) is 7.11 Å². The molecule has 0 rings (SSSR count). The molecule has 0 atom stereocenters. The molecule has 0 amide bonds. The lowest BCUT2D eigenvalue weighted by molar-refractivity contribution is -0.143. The van der Waals surface area contributed by atoms with E-state index in [0.717, 1.165) is 0 Å². The van der Waals surface area contributed by atoms with Crippen molar-refractivity contribution in [1.82, 2.24) is 0 Å².